The highest BCUT2D eigenvalue weighted by molar-refractivity contribution is 6.04. The number of methoxy groups -OCH3 is 2. The summed E-state index contributed by atoms with van der Waals surface area (Å²) in [5, 5.41) is 7.42. The van der Waals surface area contributed by atoms with E-state index >= 15 is 0 Å². The van der Waals surface area contributed by atoms with Gasteiger partial charge in [0.1, 0.15) is 17.3 Å². The van der Waals surface area contributed by atoms with Crippen molar-refractivity contribution in [2.75, 3.05) is 26.1 Å². The molecule has 0 unspecified atom stereocenters. The molecule has 0 spiro atoms. The summed E-state index contributed by atoms with van der Waals surface area (Å²) in [5.41, 5.74) is 3.41. The Kier molecular flexibility index (Phi) is 8.01. The van der Waals surface area contributed by atoms with E-state index in [9.17, 15) is 9.18 Å². The van der Waals surface area contributed by atoms with Crippen molar-refractivity contribution < 1.29 is 23.4 Å². The predicted molar refractivity (Wildman–Crippen MR) is 150 cm³/mol. The van der Waals surface area contributed by atoms with Crippen LogP contribution in [0.5, 0.6) is 17.5 Å². The molecule has 1 N–H and O–H groups in total. The number of amides is 1. The minimum Gasteiger partial charge on any atom is -0.497 e. The van der Waals surface area contributed by atoms with Gasteiger partial charge < -0.3 is 19.5 Å². The fourth-order valence-electron chi connectivity index (χ4n) is 4.03. The number of rotatable bonds is 10. The highest BCUT2D eigenvalue weighted by Gasteiger charge is 2.16. The van der Waals surface area contributed by atoms with Gasteiger partial charge in [-0.3, -0.25) is 4.79 Å². The third-order valence-electron chi connectivity index (χ3n) is 6.17. The number of carbonyl (C=O) groups excluding carboxylic acids is 1. The SMILES string of the molecule is COc1ccc(CCOc2nc(-c3cccc(F)c3)n(-c3ccc(NC(=O)c4ccc(OC)cc4)cc3)n2)cc1. The van der Waals surface area contributed by atoms with Gasteiger partial charge in [0.15, 0.2) is 5.82 Å². The van der Waals surface area contributed by atoms with E-state index in [1.165, 1.54) is 12.1 Å². The maximum atomic E-state index is 14.1. The maximum Gasteiger partial charge on any atom is 0.336 e. The van der Waals surface area contributed by atoms with Gasteiger partial charge in [-0.2, -0.15) is 4.98 Å². The number of nitrogens with one attached hydrogen (secondary N) is 1. The van der Waals surface area contributed by atoms with Crippen LogP contribution in [0.3, 0.4) is 0 Å². The molecule has 1 heterocycles. The van der Waals surface area contributed by atoms with Crippen molar-refractivity contribution in [2.24, 2.45) is 0 Å². The lowest BCUT2D eigenvalue weighted by molar-refractivity contribution is 0.102. The molecule has 0 fully saturated rings. The first-order valence-corrected chi connectivity index (χ1v) is 12.6. The van der Waals surface area contributed by atoms with E-state index in [-0.39, 0.29) is 17.7 Å². The number of halogens is 1. The van der Waals surface area contributed by atoms with Gasteiger partial charge >= 0.3 is 6.01 Å². The fourth-order valence-corrected chi connectivity index (χ4v) is 4.03. The van der Waals surface area contributed by atoms with Crippen LogP contribution in [0.15, 0.2) is 97.1 Å². The zero-order valence-corrected chi connectivity index (χ0v) is 22.0. The van der Waals surface area contributed by atoms with Crippen LogP contribution in [-0.4, -0.2) is 41.5 Å². The van der Waals surface area contributed by atoms with Crippen LogP contribution in [0.2, 0.25) is 0 Å². The van der Waals surface area contributed by atoms with E-state index < -0.39 is 0 Å². The Balaban J connectivity index is 1.34. The van der Waals surface area contributed by atoms with Crippen LogP contribution >= 0.6 is 0 Å². The first kappa shape index (κ1) is 26.4. The third kappa shape index (κ3) is 6.27. The van der Waals surface area contributed by atoms with Crippen LogP contribution in [-0.2, 0) is 6.42 Å². The zero-order chi connectivity index (χ0) is 27.9. The van der Waals surface area contributed by atoms with Gasteiger partial charge in [-0.15, -0.1) is 5.10 Å². The lowest BCUT2D eigenvalue weighted by Crippen LogP contribution is -2.11. The molecular weight excluding hydrogens is 511 g/mol. The molecule has 5 rings (SSSR count). The minimum atomic E-state index is -0.384. The second kappa shape index (κ2) is 12.1. The molecule has 4 aromatic carbocycles. The molecule has 8 nitrogen and oxygen atoms in total. The van der Waals surface area contributed by atoms with Crippen molar-refractivity contribution >= 4 is 11.6 Å². The molecule has 0 saturated carbocycles. The Morgan fingerprint density at radius 2 is 1.55 bits per heavy atom. The largest absolute Gasteiger partial charge is 0.497 e. The van der Waals surface area contributed by atoms with Crippen LogP contribution < -0.4 is 19.5 Å². The zero-order valence-electron chi connectivity index (χ0n) is 22.0. The lowest BCUT2D eigenvalue weighted by Gasteiger charge is -2.09. The van der Waals surface area contributed by atoms with Gasteiger partial charge in [-0.1, -0.05) is 24.3 Å². The lowest BCUT2D eigenvalue weighted by atomic mass is 10.1. The minimum absolute atomic E-state index is 0.171. The van der Waals surface area contributed by atoms with E-state index in [4.69, 9.17) is 14.2 Å². The molecule has 1 aromatic heterocycles. The van der Waals surface area contributed by atoms with Crippen LogP contribution in [0, 0.1) is 5.82 Å². The number of hydrogen-bond acceptors (Lipinski definition) is 6. The summed E-state index contributed by atoms with van der Waals surface area (Å²) in [5.74, 6) is 1.26. The average molecular weight is 539 g/mol. The van der Waals surface area contributed by atoms with Gasteiger partial charge in [-0.25, -0.2) is 9.07 Å². The first-order chi connectivity index (χ1) is 19.5. The third-order valence-corrected chi connectivity index (χ3v) is 6.17. The molecule has 9 heteroatoms. The number of nitrogens with zero attached hydrogens (tertiary/aromatic N) is 3. The summed E-state index contributed by atoms with van der Waals surface area (Å²) in [6, 6.07) is 28.0. The molecular formula is C31H27FN4O4. The summed E-state index contributed by atoms with van der Waals surface area (Å²) in [6.45, 7) is 0.356. The van der Waals surface area contributed by atoms with E-state index in [0.717, 1.165) is 11.3 Å². The highest BCUT2D eigenvalue weighted by atomic mass is 19.1. The van der Waals surface area contributed by atoms with Crippen molar-refractivity contribution in [3.8, 4) is 34.6 Å². The maximum absolute atomic E-state index is 14.1. The standard InChI is InChI=1S/C31H27FN4O4/c1-38-27-14-6-21(7-15-27)18-19-40-31-34-29(23-4-3-5-24(32)20-23)36(35-31)26-12-10-25(11-13-26)33-30(37)22-8-16-28(39-2)17-9-22/h3-17,20H,18-19H2,1-2H3,(H,33,37). The first-order valence-electron chi connectivity index (χ1n) is 12.6. The van der Waals surface area contributed by atoms with Crippen LogP contribution in [0.25, 0.3) is 17.1 Å². The van der Waals surface area contributed by atoms with Crippen LogP contribution in [0.4, 0.5) is 10.1 Å². The molecule has 0 atom stereocenters. The van der Waals surface area contributed by atoms with Gasteiger partial charge in [0.25, 0.3) is 5.91 Å². The van der Waals surface area contributed by atoms with Gasteiger partial charge in [0, 0.05) is 23.2 Å². The second-order valence-electron chi connectivity index (χ2n) is 8.82. The normalized spacial score (nSPS) is 10.7. The van der Waals surface area contributed by atoms with Crippen molar-refractivity contribution in [3.05, 3.63) is 114 Å². The molecule has 1 amide bonds. The van der Waals surface area contributed by atoms with Gasteiger partial charge in [-0.05, 0) is 78.4 Å². The summed E-state index contributed by atoms with van der Waals surface area (Å²) in [4.78, 5) is 17.2. The van der Waals surface area contributed by atoms with E-state index in [1.54, 1.807) is 79.6 Å². The van der Waals surface area contributed by atoms with E-state index in [1.807, 2.05) is 24.3 Å². The fraction of sp³-hybridized carbons (Fsp3) is 0.129. The van der Waals surface area contributed by atoms with E-state index in [0.29, 0.717) is 47.1 Å². The van der Waals surface area contributed by atoms with Gasteiger partial charge in [0.2, 0.25) is 0 Å². The number of anilines is 1. The number of aromatic nitrogens is 3. The second-order valence-corrected chi connectivity index (χ2v) is 8.82. The molecule has 5 aromatic rings. The molecule has 0 aliphatic heterocycles. The Labute approximate surface area is 231 Å². The topological polar surface area (TPSA) is 87.5 Å². The molecule has 202 valence electrons. The smallest absolute Gasteiger partial charge is 0.336 e. The van der Waals surface area contributed by atoms with E-state index in [2.05, 4.69) is 15.4 Å². The van der Waals surface area contributed by atoms with Gasteiger partial charge in [0.05, 0.1) is 26.5 Å². The summed E-state index contributed by atoms with van der Waals surface area (Å²) >= 11 is 0. The predicted octanol–water partition coefficient (Wildman–Crippen LogP) is 5.96. The Bertz CT molecular complexity index is 1580. The summed E-state index contributed by atoms with van der Waals surface area (Å²) < 4.78 is 31.9. The van der Waals surface area contributed by atoms with Crippen molar-refractivity contribution in [3.63, 3.8) is 0 Å². The Hall–Kier alpha value is -5.18. The molecule has 0 bridgehead atoms. The molecule has 0 radical (unpaired) electrons. The molecule has 0 aliphatic carbocycles. The quantitative estimate of drug-likeness (QED) is 0.236. The molecule has 0 aliphatic rings. The monoisotopic (exact) mass is 538 g/mol. The summed E-state index contributed by atoms with van der Waals surface area (Å²) in [6.07, 6.45) is 0.649. The molecule has 0 saturated heterocycles. The van der Waals surface area contributed by atoms with Crippen molar-refractivity contribution in [1.29, 1.82) is 0 Å². The highest BCUT2D eigenvalue weighted by Crippen LogP contribution is 2.25. The molecule has 40 heavy (non-hydrogen) atoms. The van der Waals surface area contributed by atoms with Crippen molar-refractivity contribution in [1.82, 2.24) is 14.8 Å². The Morgan fingerprint density at radius 3 is 2.20 bits per heavy atom. The van der Waals surface area contributed by atoms with Crippen LogP contribution in [0.1, 0.15) is 15.9 Å². The number of ether oxygens (including phenoxy) is 3. The van der Waals surface area contributed by atoms with Crippen molar-refractivity contribution in [2.45, 2.75) is 6.42 Å². The number of carbonyl (C=O) groups is 1. The average Bonchev–Trinajstić information content (AvgIpc) is 3.42. The Morgan fingerprint density at radius 1 is 0.875 bits per heavy atom. The number of benzene rings is 4. The summed E-state index contributed by atoms with van der Waals surface area (Å²) in [7, 11) is 3.20. The number of hydrogen-bond donors (Lipinski definition) is 1.